The number of nitrogens with one attached hydrogen (secondary N) is 1. The molecule has 1 aliphatic rings. The molecule has 0 atom stereocenters. The van der Waals surface area contributed by atoms with Gasteiger partial charge in [0.1, 0.15) is 0 Å². The molecular formula is C13H19NO2S. The molecule has 0 unspecified atom stereocenters. The summed E-state index contributed by atoms with van der Waals surface area (Å²) in [5, 5.41) is 3.43. The van der Waals surface area contributed by atoms with Crippen LogP contribution >= 0.6 is 11.8 Å². The van der Waals surface area contributed by atoms with Crippen LogP contribution in [0.3, 0.4) is 0 Å². The Morgan fingerprint density at radius 2 is 2.00 bits per heavy atom. The summed E-state index contributed by atoms with van der Waals surface area (Å²) in [7, 11) is 0. The summed E-state index contributed by atoms with van der Waals surface area (Å²) in [5.41, 5.74) is 1.12. The fraction of sp³-hybridized carbons (Fsp3) is 0.538. The van der Waals surface area contributed by atoms with Gasteiger partial charge in [0.2, 0.25) is 0 Å². The van der Waals surface area contributed by atoms with E-state index in [0.29, 0.717) is 13.2 Å². The average Bonchev–Trinajstić information content (AvgIpc) is 2.32. The Kier molecular flexibility index (Phi) is 3.97. The molecule has 1 aromatic rings. The van der Waals surface area contributed by atoms with Crippen molar-refractivity contribution in [3.63, 3.8) is 0 Å². The quantitative estimate of drug-likeness (QED) is 0.839. The van der Waals surface area contributed by atoms with Gasteiger partial charge in [0.15, 0.2) is 5.79 Å². The third kappa shape index (κ3) is 3.63. The molecule has 1 fully saturated rings. The van der Waals surface area contributed by atoms with Crippen LogP contribution in [0.25, 0.3) is 0 Å². The normalized spacial score (nSPS) is 20.2. The monoisotopic (exact) mass is 253 g/mol. The van der Waals surface area contributed by atoms with E-state index >= 15 is 0 Å². The maximum atomic E-state index is 5.62. The van der Waals surface area contributed by atoms with Crippen LogP contribution in [0.5, 0.6) is 0 Å². The summed E-state index contributed by atoms with van der Waals surface area (Å²) in [6, 6.07) is 8.60. The zero-order valence-electron chi connectivity index (χ0n) is 10.5. The lowest BCUT2D eigenvalue weighted by atomic mass is 10.2. The fourth-order valence-corrected chi connectivity index (χ4v) is 2.18. The number of hydrogen-bond donors (Lipinski definition) is 1. The molecule has 0 spiro atoms. The van der Waals surface area contributed by atoms with E-state index in [1.807, 2.05) is 13.8 Å². The molecule has 3 nitrogen and oxygen atoms in total. The van der Waals surface area contributed by atoms with E-state index in [-0.39, 0.29) is 6.04 Å². The van der Waals surface area contributed by atoms with Gasteiger partial charge in [-0.1, -0.05) is 6.07 Å². The number of hydrogen-bond acceptors (Lipinski definition) is 4. The molecule has 4 heteroatoms. The molecule has 94 valence electrons. The second-order valence-electron chi connectivity index (χ2n) is 4.60. The molecular weight excluding hydrogens is 234 g/mol. The van der Waals surface area contributed by atoms with E-state index in [4.69, 9.17) is 9.47 Å². The summed E-state index contributed by atoms with van der Waals surface area (Å²) in [5.74, 6) is -0.445. The molecule has 0 saturated carbocycles. The number of ether oxygens (including phenoxy) is 2. The molecule has 0 radical (unpaired) electrons. The summed E-state index contributed by atoms with van der Waals surface area (Å²) >= 11 is 1.74. The third-order valence-electron chi connectivity index (χ3n) is 2.70. The summed E-state index contributed by atoms with van der Waals surface area (Å²) in [6.07, 6.45) is 2.08. The van der Waals surface area contributed by atoms with E-state index < -0.39 is 5.79 Å². The number of anilines is 1. The molecule has 17 heavy (non-hydrogen) atoms. The minimum Gasteiger partial charge on any atom is -0.378 e. The van der Waals surface area contributed by atoms with Crippen LogP contribution in [0.4, 0.5) is 5.69 Å². The van der Waals surface area contributed by atoms with Crippen LogP contribution in [0.15, 0.2) is 29.2 Å². The van der Waals surface area contributed by atoms with Crippen LogP contribution in [-0.2, 0) is 9.47 Å². The van der Waals surface area contributed by atoms with Crippen molar-refractivity contribution in [3.8, 4) is 0 Å². The minimum absolute atomic E-state index is 0.222. The number of rotatable bonds is 3. The highest BCUT2D eigenvalue weighted by Crippen LogP contribution is 2.22. The molecule has 0 aliphatic carbocycles. The molecule has 0 amide bonds. The molecule has 1 heterocycles. The molecule has 1 aliphatic heterocycles. The zero-order valence-corrected chi connectivity index (χ0v) is 11.3. The Labute approximate surface area is 107 Å². The summed E-state index contributed by atoms with van der Waals surface area (Å²) in [4.78, 5) is 1.26. The topological polar surface area (TPSA) is 30.5 Å². The van der Waals surface area contributed by atoms with Gasteiger partial charge in [0, 0.05) is 10.6 Å². The zero-order chi connectivity index (χ0) is 12.3. The van der Waals surface area contributed by atoms with Crippen molar-refractivity contribution in [1.29, 1.82) is 0 Å². The van der Waals surface area contributed by atoms with Gasteiger partial charge in [-0.05, 0) is 38.3 Å². The maximum absolute atomic E-state index is 5.62. The van der Waals surface area contributed by atoms with Gasteiger partial charge in [0.05, 0.1) is 19.3 Å². The van der Waals surface area contributed by atoms with Crippen LogP contribution in [0, 0.1) is 0 Å². The van der Waals surface area contributed by atoms with Gasteiger partial charge in [-0.3, -0.25) is 0 Å². The van der Waals surface area contributed by atoms with Crippen LogP contribution in [-0.4, -0.2) is 31.3 Å². The van der Waals surface area contributed by atoms with Gasteiger partial charge in [-0.2, -0.15) is 0 Å². The highest BCUT2D eigenvalue weighted by molar-refractivity contribution is 7.98. The molecule has 2 rings (SSSR count). The lowest BCUT2D eigenvalue weighted by molar-refractivity contribution is -0.247. The largest absolute Gasteiger partial charge is 0.378 e. The third-order valence-corrected chi connectivity index (χ3v) is 3.43. The van der Waals surface area contributed by atoms with Gasteiger partial charge in [0.25, 0.3) is 0 Å². The van der Waals surface area contributed by atoms with E-state index in [9.17, 15) is 0 Å². The average molecular weight is 253 g/mol. The Morgan fingerprint density at radius 1 is 1.29 bits per heavy atom. The fourth-order valence-electron chi connectivity index (χ4n) is 1.72. The van der Waals surface area contributed by atoms with Gasteiger partial charge >= 0.3 is 0 Å². The van der Waals surface area contributed by atoms with Crippen LogP contribution in [0.1, 0.15) is 13.8 Å². The molecule has 1 aromatic carbocycles. The van der Waals surface area contributed by atoms with E-state index in [2.05, 4.69) is 35.8 Å². The standard InChI is InChI=1S/C13H19NO2S/c1-13(2)15-8-11(9-16-13)14-10-5-4-6-12(7-10)17-3/h4-7,11,14H,8-9H2,1-3H3. The van der Waals surface area contributed by atoms with Gasteiger partial charge < -0.3 is 14.8 Å². The second kappa shape index (κ2) is 5.29. The lowest BCUT2D eigenvalue weighted by Gasteiger charge is -2.35. The summed E-state index contributed by atoms with van der Waals surface area (Å²) in [6.45, 7) is 5.24. The Bertz CT molecular complexity index is 371. The molecule has 0 bridgehead atoms. The smallest absolute Gasteiger partial charge is 0.162 e. The van der Waals surface area contributed by atoms with Crippen molar-refractivity contribution in [2.75, 3.05) is 24.8 Å². The SMILES string of the molecule is CSc1cccc(NC2COC(C)(C)OC2)c1. The van der Waals surface area contributed by atoms with E-state index in [1.165, 1.54) is 4.90 Å². The first-order valence-corrected chi connectivity index (χ1v) is 7.00. The first-order valence-electron chi connectivity index (χ1n) is 5.77. The van der Waals surface area contributed by atoms with Gasteiger partial charge in [-0.15, -0.1) is 11.8 Å². The molecule has 0 aromatic heterocycles. The van der Waals surface area contributed by atoms with E-state index in [0.717, 1.165) is 5.69 Å². The van der Waals surface area contributed by atoms with Crippen molar-refractivity contribution in [3.05, 3.63) is 24.3 Å². The lowest BCUT2D eigenvalue weighted by Crippen LogP contribution is -2.45. The minimum atomic E-state index is -0.445. The summed E-state index contributed by atoms with van der Waals surface area (Å²) < 4.78 is 11.2. The van der Waals surface area contributed by atoms with Gasteiger partial charge in [-0.25, -0.2) is 0 Å². The Hall–Kier alpha value is -0.710. The Morgan fingerprint density at radius 3 is 2.65 bits per heavy atom. The highest BCUT2D eigenvalue weighted by atomic mass is 32.2. The maximum Gasteiger partial charge on any atom is 0.162 e. The van der Waals surface area contributed by atoms with E-state index in [1.54, 1.807) is 11.8 Å². The molecule has 1 saturated heterocycles. The first kappa shape index (κ1) is 12.7. The predicted molar refractivity (Wildman–Crippen MR) is 71.6 cm³/mol. The highest BCUT2D eigenvalue weighted by Gasteiger charge is 2.28. The first-order chi connectivity index (χ1) is 8.09. The number of thioether (sulfide) groups is 1. The van der Waals surface area contributed by atoms with Crippen LogP contribution < -0.4 is 5.32 Å². The van der Waals surface area contributed by atoms with Crippen molar-refractivity contribution in [1.82, 2.24) is 0 Å². The number of benzene rings is 1. The Balaban J connectivity index is 1.93. The van der Waals surface area contributed by atoms with Crippen molar-refractivity contribution in [2.24, 2.45) is 0 Å². The van der Waals surface area contributed by atoms with Crippen molar-refractivity contribution in [2.45, 2.75) is 30.6 Å². The second-order valence-corrected chi connectivity index (χ2v) is 5.47. The van der Waals surface area contributed by atoms with Crippen molar-refractivity contribution < 1.29 is 9.47 Å². The van der Waals surface area contributed by atoms with Crippen molar-refractivity contribution >= 4 is 17.4 Å². The molecule has 1 N–H and O–H groups in total. The van der Waals surface area contributed by atoms with Crippen LogP contribution in [0.2, 0.25) is 0 Å². The predicted octanol–water partition coefficient (Wildman–Crippen LogP) is 2.97.